The van der Waals surface area contributed by atoms with Crippen molar-refractivity contribution in [2.75, 3.05) is 32.6 Å². The van der Waals surface area contributed by atoms with E-state index >= 15 is 0 Å². The zero-order valence-corrected chi connectivity index (χ0v) is 17.7. The van der Waals surface area contributed by atoms with Crippen molar-refractivity contribution >= 4 is 23.5 Å². The number of anilines is 1. The van der Waals surface area contributed by atoms with Crippen molar-refractivity contribution in [3.63, 3.8) is 0 Å². The largest absolute Gasteiger partial charge is 0.490 e. The molecule has 0 spiro atoms. The summed E-state index contributed by atoms with van der Waals surface area (Å²) < 4.78 is 12.0. The van der Waals surface area contributed by atoms with Crippen molar-refractivity contribution in [2.24, 2.45) is 0 Å². The third kappa shape index (κ3) is 5.02. The Morgan fingerprint density at radius 3 is 2.80 bits per heavy atom. The molecule has 3 N–H and O–H groups in total. The molecule has 1 aromatic carbocycles. The third-order valence-electron chi connectivity index (χ3n) is 5.50. The first-order chi connectivity index (χ1) is 14.4. The molecule has 2 heterocycles. The summed E-state index contributed by atoms with van der Waals surface area (Å²) >= 11 is 0. The Morgan fingerprint density at radius 1 is 1.27 bits per heavy atom. The lowest BCUT2D eigenvalue weighted by atomic mass is 9.94. The number of amides is 4. The smallest absolute Gasteiger partial charge is 0.319 e. The second kappa shape index (κ2) is 9.80. The Bertz CT molecular complexity index is 800. The molecule has 3 rings (SSSR count). The number of nitrogens with one attached hydrogen (secondary N) is 3. The van der Waals surface area contributed by atoms with Crippen LogP contribution >= 0.6 is 0 Å². The van der Waals surface area contributed by atoms with Crippen molar-refractivity contribution in [3.8, 4) is 5.75 Å². The quantitative estimate of drug-likeness (QED) is 0.675. The molecule has 2 aliphatic heterocycles. The number of likely N-dealkylation sites (N-methyl/N-ethyl adjacent to an activating group) is 1. The number of ether oxygens (including phenoxy) is 2. The normalized spacial score (nSPS) is 23.2. The zero-order valence-electron chi connectivity index (χ0n) is 17.7. The highest BCUT2D eigenvalue weighted by atomic mass is 16.5. The summed E-state index contributed by atoms with van der Waals surface area (Å²) in [4.78, 5) is 38.5. The molecule has 0 saturated carbocycles. The van der Waals surface area contributed by atoms with Gasteiger partial charge in [-0.25, -0.2) is 4.79 Å². The number of carbonyl (C=O) groups excluding carboxylic acids is 3. The molecule has 0 radical (unpaired) electrons. The van der Waals surface area contributed by atoms with Crippen LogP contribution in [-0.4, -0.2) is 68.2 Å². The van der Waals surface area contributed by atoms with Gasteiger partial charge in [0.25, 0.3) is 5.91 Å². The van der Waals surface area contributed by atoms with E-state index in [1.54, 1.807) is 37.2 Å². The summed E-state index contributed by atoms with van der Waals surface area (Å²) in [7, 11) is 3.36. The molecular weight excluding hydrogens is 388 g/mol. The first-order valence-electron chi connectivity index (χ1n) is 10.4. The minimum absolute atomic E-state index is 0.0667. The average molecular weight is 418 g/mol. The second-order valence-corrected chi connectivity index (χ2v) is 7.64. The molecule has 0 aromatic heterocycles. The van der Waals surface area contributed by atoms with Crippen molar-refractivity contribution < 1.29 is 23.9 Å². The van der Waals surface area contributed by atoms with Crippen LogP contribution in [0.25, 0.3) is 0 Å². The fourth-order valence-corrected chi connectivity index (χ4v) is 3.83. The van der Waals surface area contributed by atoms with Crippen LogP contribution in [0.5, 0.6) is 5.75 Å². The van der Waals surface area contributed by atoms with Gasteiger partial charge in [0, 0.05) is 26.3 Å². The van der Waals surface area contributed by atoms with E-state index in [-0.39, 0.29) is 42.7 Å². The van der Waals surface area contributed by atoms with E-state index in [0.717, 1.165) is 12.8 Å². The molecule has 1 saturated heterocycles. The van der Waals surface area contributed by atoms with Gasteiger partial charge in [0.15, 0.2) is 0 Å². The number of rotatable bonds is 5. The van der Waals surface area contributed by atoms with E-state index in [9.17, 15) is 14.4 Å². The van der Waals surface area contributed by atoms with Crippen LogP contribution in [0.2, 0.25) is 0 Å². The van der Waals surface area contributed by atoms with E-state index in [4.69, 9.17) is 9.47 Å². The molecule has 164 valence electrons. The number of nitrogens with zero attached hydrogens (tertiary/aromatic N) is 1. The van der Waals surface area contributed by atoms with Crippen LogP contribution in [0.1, 0.15) is 43.0 Å². The predicted octanol–water partition coefficient (Wildman–Crippen LogP) is 1.73. The van der Waals surface area contributed by atoms with Gasteiger partial charge in [0.2, 0.25) is 5.91 Å². The monoisotopic (exact) mass is 418 g/mol. The molecule has 0 unspecified atom stereocenters. The summed E-state index contributed by atoms with van der Waals surface area (Å²) in [5.41, 5.74) is 0.923. The molecule has 0 aliphatic carbocycles. The highest BCUT2D eigenvalue weighted by Gasteiger charge is 2.39. The maximum atomic E-state index is 13.2. The van der Waals surface area contributed by atoms with Gasteiger partial charge in [0.05, 0.1) is 24.1 Å². The van der Waals surface area contributed by atoms with Crippen molar-refractivity contribution in [1.82, 2.24) is 15.5 Å². The van der Waals surface area contributed by atoms with Crippen LogP contribution in [0.15, 0.2) is 18.2 Å². The number of hydrogen-bond acceptors (Lipinski definition) is 5. The Kier molecular flexibility index (Phi) is 7.15. The van der Waals surface area contributed by atoms with E-state index in [2.05, 4.69) is 16.0 Å². The number of urea groups is 1. The SMILES string of the molecule is CCCNC(=O)Nc1ccc2c(c1)C(=O)N(C)[C@H]1CC[C@H](CC(=O)NC)O[C@@H]1CO2. The van der Waals surface area contributed by atoms with E-state index in [1.807, 2.05) is 6.92 Å². The summed E-state index contributed by atoms with van der Waals surface area (Å²) in [6.45, 7) is 2.83. The number of carbonyl (C=O) groups is 3. The lowest BCUT2D eigenvalue weighted by molar-refractivity contribution is -0.133. The Morgan fingerprint density at radius 2 is 2.07 bits per heavy atom. The summed E-state index contributed by atoms with van der Waals surface area (Å²) in [5.74, 6) is 0.190. The Balaban J connectivity index is 1.74. The van der Waals surface area contributed by atoms with Gasteiger partial charge >= 0.3 is 6.03 Å². The van der Waals surface area contributed by atoms with Gasteiger partial charge in [-0.3, -0.25) is 9.59 Å². The van der Waals surface area contributed by atoms with E-state index in [0.29, 0.717) is 36.4 Å². The first-order valence-corrected chi connectivity index (χ1v) is 10.4. The Hall–Kier alpha value is -2.81. The highest BCUT2D eigenvalue weighted by molar-refractivity contribution is 5.99. The van der Waals surface area contributed by atoms with Crippen molar-refractivity contribution in [3.05, 3.63) is 23.8 Å². The van der Waals surface area contributed by atoms with Gasteiger partial charge in [0.1, 0.15) is 18.5 Å². The van der Waals surface area contributed by atoms with Crippen LogP contribution < -0.4 is 20.7 Å². The van der Waals surface area contributed by atoms with Gasteiger partial charge < -0.3 is 30.3 Å². The van der Waals surface area contributed by atoms with Gasteiger partial charge in [-0.05, 0) is 37.5 Å². The lowest BCUT2D eigenvalue weighted by Gasteiger charge is -2.42. The summed E-state index contributed by atoms with van der Waals surface area (Å²) in [5, 5.41) is 8.10. The van der Waals surface area contributed by atoms with Crippen LogP contribution in [-0.2, 0) is 9.53 Å². The minimum Gasteiger partial charge on any atom is -0.490 e. The van der Waals surface area contributed by atoms with E-state index < -0.39 is 0 Å². The predicted molar refractivity (Wildman–Crippen MR) is 112 cm³/mol. The number of fused-ring (bicyclic) bond motifs is 2. The van der Waals surface area contributed by atoms with Crippen molar-refractivity contribution in [2.45, 2.75) is 50.9 Å². The summed E-state index contributed by atoms with van der Waals surface area (Å²) in [6.07, 6.45) is 2.05. The number of benzene rings is 1. The lowest BCUT2D eigenvalue weighted by Crippen LogP contribution is -2.53. The van der Waals surface area contributed by atoms with Gasteiger partial charge in [-0.15, -0.1) is 0 Å². The zero-order chi connectivity index (χ0) is 21.7. The molecular formula is C21H30N4O5. The highest BCUT2D eigenvalue weighted by Crippen LogP contribution is 2.32. The van der Waals surface area contributed by atoms with Gasteiger partial charge in [-0.1, -0.05) is 6.92 Å². The molecule has 9 nitrogen and oxygen atoms in total. The van der Waals surface area contributed by atoms with Crippen LogP contribution in [0, 0.1) is 0 Å². The van der Waals surface area contributed by atoms with Crippen LogP contribution in [0.4, 0.5) is 10.5 Å². The maximum absolute atomic E-state index is 13.2. The molecule has 1 fully saturated rings. The maximum Gasteiger partial charge on any atom is 0.319 e. The average Bonchev–Trinajstić information content (AvgIpc) is 2.75. The standard InChI is InChI=1S/C21H30N4O5/c1-4-9-23-21(28)24-13-5-8-17-15(10-13)20(27)25(3)16-7-6-14(11-19(26)22-2)30-18(16)12-29-17/h5,8,10,14,16,18H,4,6-7,9,11-12H2,1-3H3,(H,22,26)(H2,23,24,28)/t14-,16+,18-/m1/s1. The molecule has 2 aliphatic rings. The van der Waals surface area contributed by atoms with E-state index in [1.165, 1.54) is 0 Å². The first kappa shape index (κ1) is 21.9. The van der Waals surface area contributed by atoms with Gasteiger partial charge in [-0.2, -0.15) is 0 Å². The molecule has 4 amide bonds. The summed E-state index contributed by atoms with van der Waals surface area (Å²) in [6, 6.07) is 4.57. The topological polar surface area (TPSA) is 109 Å². The fraction of sp³-hybridized carbons (Fsp3) is 0.571. The third-order valence-corrected chi connectivity index (χ3v) is 5.50. The van der Waals surface area contributed by atoms with Crippen LogP contribution in [0.3, 0.4) is 0 Å². The molecule has 1 aromatic rings. The molecule has 9 heteroatoms. The molecule has 0 bridgehead atoms. The minimum atomic E-state index is -0.313. The molecule has 30 heavy (non-hydrogen) atoms. The second-order valence-electron chi connectivity index (χ2n) is 7.64. The molecule has 3 atom stereocenters. The van der Waals surface area contributed by atoms with Crippen molar-refractivity contribution in [1.29, 1.82) is 0 Å². The number of hydrogen-bond donors (Lipinski definition) is 3. The fourth-order valence-electron chi connectivity index (χ4n) is 3.83. The Labute approximate surface area is 176 Å².